The first-order valence-electron chi connectivity index (χ1n) is 10.5. The van der Waals surface area contributed by atoms with Gasteiger partial charge >= 0.3 is 0 Å². The number of imide groups is 1. The summed E-state index contributed by atoms with van der Waals surface area (Å²) < 4.78 is 5.95. The van der Waals surface area contributed by atoms with Crippen molar-refractivity contribution in [2.24, 2.45) is 23.7 Å². The highest BCUT2D eigenvalue weighted by Gasteiger charge is 2.58. The van der Waals surface area contributed by atoms with Crippen LogP contribution in [-0.2, 0) is 9.59 Å². The maximum absolute atomic E-state index is 12.7. The molecule has 3 aliphatic carbocycles. The van der Waals surface area contributed by atoms with E-state index >= 15 is 0 Å². The lowest BCUT2D eigenvalue weighted by molar-refractivity contribution is -0.140. The van der Waals surface area contributed by atoms with Crippen molar-refractivity contribution in [3.8, 4) is 5.88 Å². The van der Waals surface area contributed by atoms with Crippen LogP contribution in [0.5, 0.6) is 5.88 Å². The van der Waals surface area contributed by atoms with Gasteiger partial charge in [0.2, 0.25) is 17.7 Å². The molecule has 0 radical (unpaired) electrons. The van der Waals surface area contributed by atoms with E-state index in [1.165, 1.54) is 24.2 Å². The molecule has 2 saturated carbocycles. The summed E-state index contributed by atoms with van der Waals surface area (Å²) in [6, 6.07) is 0. The van der Waals surface area contributed by atoms with Crippen molar-refractivity contribution in [2.45, 2.75) is 44.6 Å². The minimum absolute atomic E-state index is 0.00545. The number of ether oxygens (including phenoxy) is 1. The summed E-state index contributed by atoms with van der Waals surface area (Å²) in [6.07, 6.45) is 14.5. The zero-order valence-electron chi connectivity index (χ0n) is 15.9. The number of hydrogen-bond donors (Lipinski definition) is 1. The molecule has 28 heavy (non-hydrogen) atoms. The van der Waals surface area contributed by atoms with Gasteiger partial charge in [-0.1, -0.05) is 18.6 Å². The molecule has 2 amide bonds. The van der Waals surface area contributed by atoms with E-state index < -0.39 is 0 Å². The quantitative estimate of drug-likeness (QED) is 0.601. The standard InChI is InChI=1S/C21H26N4O3/c26-20-18-13-6-7-14(10-13)19(18)21(27)25(20)9-8-23-16-11-22-12-17(24-16)28-15-4-2-1-3-5-15/h6-7,11-15,18-19H,1-5,8-10H2,(H,23,24). The Morgan fingerprint density at radius 1 is 1.04 bits per heavy atom. The summed E-state index contributed by atoms with van der Waals surface area (Å²) >= 11 is 0. The molecule has 2 bridgehead atoms. The van der Waals surface area contributed by atoms with E-state index in [0.29, 0.717) is 24.8 Å². The number of fused-ring (bicyclic) bond motifs is 5. The summed E-state index contributed by atoms with van der Waals surface area (Å²) in [4.78, 5) is 35.5. The lowest BCUT2D eigenvalue weighted by Gasteiger charge is -2.22. The van der Waals surface area contributed by atoms with Gasteiger partial charge in [0.05, 0.1) is 24.2 Å². The normalized spacial score (nSPS) is 31.5. The molecular weight excluding hydrogens is 356 g/mol. The number of anilines is 1. The molecule has 1 saturated heterocycles. The molecule has 5 rings (SSSR count). The number of amides is 2. The highest BCUT2D eigenvalue weighted by atomic mass is 16.5. The van der Waals surface area contributed by atoms with Crippen LogP contribution in [0.25, 0.3) is 0 Å². The van der Waals surface area contributed by atoms with Crippen LogP contribution in [0.4, 0.5) is 5.82 Å². The van der Waals surface area contributed by atoms with Crippen molar-refractivity contribution in [3.05, 3.63) is 24.5 Å². The van der Waals surface area contributed by atoms with Crippen molar-refractivity contribution in [3.63, 3.8) is 0 Å². The molecule has 4 atom stereocenters. The van der Waals surface area contributed by atoms with Crippen molar-refractivity contribution in [2.75, 3.05) is 18.4 Å². The SMILES string of the molecule is O=C1C2C3C=CC(C3)C2C(=O)N1CCNc1cncc(OC2CCCCC2)n1. The van der Waals surface area contributed by atoms with Crippen molar-refractivity contribution in [1.82, 2.24) is 14.9 Å². The lowest BCUT2D eigenvalue weighted by atomic mass is 9.85. The topological polar surface area (TPSA) is 84.4 Å². The van der Waals surface area contributed by atoms with Crippen molar-refractivity contribution in [1.29, 1.82) is 0 Å². The van der Waals surface area contributed by atoms with Gasteiger partial charge in [-0.3, -0.25) is 19.5 Å². The molecule has 4 aliphatic rings. The molecule has 4 unspecified atom stereocenters. The molecule has 1 aliphatic heterocycles. The van der Waals surface area contributed by atoms with Gasteiger partial charge in [0.25, 0.3) is 0 Å². The highest BCUT2D eigenvalue weighted by Crippen LogP contribution is 2.52. The van der Waals surface area contributed by atoms with Crippen LogP contribution in [0, 0.1) is 23.7 Å². The largest absolute Gasteiger partial charge is 0.473 e. The summed E-state index contributed by atoms with van der Waals surface area (Å²) in [5.74, 6) is 1.37. The van der Waals surface area contributed by atoms with Gasteiger partial charge in [0.15, 0.2) is 0 Å². The van der Waals surface area contributed by atoms with E-state index in [-0.39, 0.29) is 41.6 Å². The molecule has 1 aromatic rings. The third kappa shape index (κ3) is 3.06. The van der Waals surface area contributed by atoms with Gasteiger partial charge in [0, 0.05) is 13.1 Å². The minimum Gasteiger partial charge on any atom is -0.473 e. The molecule has 3 fully saturated rings. The molecule has 1 aromatic heterocycles. The van der Waals surface area contributed by atoms with Crippen LogP contribution < -0.4 is 10.1 Å². The van der Waals surface area contributed by atoms with E-state index in [1.54, 1.807) is 12.4 Å². The number of rotatable bonds is 6. The molecule has 7 heteroatoms. The molecule has 2 heterocycles. The summed E-state index contributed by atoms with van der Waals surface area (Å²) in [7, 11) is 0. The zero-order valence-corrected chi connectivity index (χ0v) is 15.9. The Hall–Kier alpha value is -2.44. The van der Waals surface area contributed by atoms with E-state index in [4.69, 9.17) is 4.74 Å². The van der Waals surface area contributed by atoms with Crippen molar-refractivity contribution >= 4 is 17.6 Å². The highest BCUT2D eigenvalue weighted by molar-refractivity contribution is 6.06. The maximum Gasteiger partial charge on any atom is 0.234 e. The second-order valence-corrected chi connectivity index (χ2v) is 8.38. The smallest absolute Gasteiger partial charge is 0.234 e. The van der Waals surface area contributed by atoms with Gasteiger partial charge in [-0.05, 0) is 43.9 Å². The average Bonchev–Trinajstić information content (AvgIpc) is 3.39. The Bertz CT molecular complexity index is 775. The minimum atomic E-state index is -0.130. The van der Waals surface area contributed by atoms with Crippen LogP contribution in [0.1, 0.15) is 38.5 Å². The lowest BCUT2D eigenvalue weighted by Crippen LogP contribution is -2.36. The Morgan fingerprint density at radius 2 is 1.75 bits per heavy atom. The fraction of sp³-hybridized carbons (Fsp3) is 0.619. The number of allylic oxidation sites excluding steroid dienone is 2. The molecule has 0 aromatic carbocycles. The van der Waals surface area contributed by atoms with Crippen LogP contribution in [0.3, 0.4) is 0 Å². The Labute approximate surface area is 164 Å². The van der Waals surface area contributed by atoms with Gasteiger partial charge in [0.1, 0.15) is 11.9 Å². The Kier molecular flexibility index (Phi) is 4.53. The Morgan fingerprint density at radius 3 is 2.46 bits per heavy atom. The predicted molar refractivity (Wildman–Crippen MR) is 102 cm³/mol. The molecule has 1 N–H and O–H groups in total. The average molecular weight is 382 g/mol. The zero-order chi connectivity index (χ0) is 19.1. The number of nitrogens with zero attached hydrogens (tertiary/aromatic N) is 3. The second kappa shape index (κ2) is 7.18. The van der Waals surface area contributed by atoms with Gasteiger partial charge < -0.3 is 10.1 Å². The summed E-state index contributed by atoms with van der Waals surface area (Å²) in [5, 5.41) is 3.18. The first-order valence-corrected chi connectivity index (χ1v) is 10.5. The first kappa shape index (κ1) is 17.6. The van der Waals surface area contributed by atoms with Gasteiger partial charge in [-0.15, -0.1) is 0 Å². The Balaban J connectivity index is 1.16. The van der Waals surface area contributed by atoms with Gasteiger partial charge in [-0.25, -0.2) is 0 Å². The first-order chi connectivity index (χ1) is 13.7. The number of nitrogens with one attached hydrogen (secondary N) is 1. The van der Waals surface area contributed by atoms with E-state index in [1.807, 2.05) is 0 Å². The van der Waals surface area contributed by atoms with E-state index in [2.05, 4.69) is 27.4 Å². The van der Waals surface area contributed by atoms with E-state index in [0.717, 1.165) is 19.3 Å². The van der Waals surface area contributed by atoms with Crippen LogP contribution >= 0.6 is 0 Å². The maximum atomic E-state index is 12.7. The van der Waals surface area contributed by atoms with Crippen LogP contribution in [0.15, 0.2) is 24.5 Å². The van der Waals surface area contributed by atoms with Crippen LogP contribution in [0.2, 0.25) is 0 Å². The number of hydrogen-bond acceptors (Lipinski definition) is 6. The predicted octanol–water partition coefficient (Wildman–Crippen LogP) is 2.41. The van der Waals surface area contributed by atoms with Crippen molar-refractivity contribution < 1.29 is 14.3 Å². The number of likely N-dealkylation sites (tertiary alicyclic amines) is 1. The number of carbonyl (C=O) groups is 2. The molecule has 7 nitrogen and oxygen atoms in total. The fourth-order valence-electron chi connectivity index (χ4n) is 5.32. The summed E-state index contributed by atoms with van der Waals surface area (Å²) in [5.41, 5.74) is 0. The molecule has 0 spiro atoms. The van der Waals surface area contributed by atoms with E-state index in [9.17, 15) is 9.59 Å². The molecular formula is C21H26N4O3. The number of aromatic nitrogens is 2. The fourth-order valence-corrected chi connectivity index (χ4v) is 5.32. The third-order valence-electron chi connectivity index (χ3n) is 6.66. The monoisotopic (exact) mass is 382 g/mol. The van der Waals surface area contributed by atoms with Crippen LogP contribution in [-0.4, -0.2) is 45.9 Å². The number of carbonyl (C=O) groups excluding carboxylic acids is 2. The summed E-state index contributed by atoms with van der Waals surface area (Å²) in [6.45, 7) is 0.820. The second-order valence-electron chi connectivity index (χ2n) is 8.38. The third-order valence-corrected chi connectivity index (χ3v) is 6.66. The molecule has 148 valence electrons. The van der Waals surface area contributed by atoms with Gasteiger partial charge in [-0.2, -0.15) is 4.98 Å².